The summed E-state index contributed by atoms with van der Waals surface area (Å²) < 4.78 is 0. The van der Waals surface area contributed by atoms with E-state index in [1.807, 2.05) is 6.92 Å². The Kier molecular flexibility index (Phi) is 2.90. The quantitative estimate of drug-likeness (QED) is 0.633. The maximum Gasteiger partial charge on any atom is 0.0829 e. The first kappa shape index (κ1) is 9.01. The van der Waals surface area contributed by atoms with Gasteiger partial charge in [-0.3, -0.25) is 0 Å². The zero-order chi connectivity index (χ0) is 8.43. The summed E-state index contributed by atoms with van der Waals surface area (Å²) in [5, 5.41) is 18.9. The molecule has 2 heteroatoms. The van der Waals surface area contributed by atoms with E-state index < -0.39 is 12.2 Å². The van der Waals surface area contributed by atoms with Crippen LogP contribution >= 0.6 is 0 Å². The van der Waals surface area contributed by atoms with Crippen LogP contribution in [0.15, 0.2) is 0 Å². The van der Waals surface area contributed by atoms with Gasteiger partial charge in [-0.2, -0.15) is 0 Å². The minimum atomic E-state index is -0.480. The van der Waals surface area contributed by atoms with Gasteiger partial charge in [0.25, 0.3) is 0 Å². The smallest absolute Gasteiger partial charge is 0.0829 e. The van der Waals surface area contributed by atoms with E-state index in [2.05, 4.69) is 6.92 Å². The Hall–Kier alpha value is -0.0800. The molecular weight excluding hydrogens is 140 g/mol. The van der Waals surface area contributed by atoms with Crippen LogP contribution < -0.4 is 0 Å². The molecule has 1 rings (SSSR count). The summed E-state index contributed by atoms with van der Waals surface area (Å²) in [5.41, 5.74) is 0. The summed E-state index contributed by atoms with van der Waals surface area (Å²) in [6, 6.07) is 0. The molecule has 0 aromatic carbocycles. The van der Waals surface area contributed by atoms with Gasteiger partial charge in [0.2, 0.25) is 0 Å². The number of hydrogen-bond acceptors (Lipinski definition) is 2. The molecule has 11 heavy (non-hydrogen) atoms. The summed E-state index contributed by atoms with van der Waals surface area (Å²) in [4.78, 5) is 0. The summed E-state index contributed by atoms with van der Waals surface area (Å²) in [6.45, 7) is 4.12. The minimum Gasteiger partial charge on any atom is -0.390 e. The van der Waals surface area contributed by atoms with E-state index >= 15 is 0 Å². The second-order valence-electron chi connectivity index (χ2n) is 3.74. The Morgan fingerprint density at radius 1 is 1.27 bits per heavy atom. The average Bonchev–Trinajstić information content (AvgIpc) is 2.19. The van der Waals surface area contributed by atoms with Crippen LogP contribution in [0.4, 0.5) is 0 Å². The van der Waals surface area contributed by atoms with Crippen LogP contribution in [0.3, 0.4) is 0 Å². The van der Waals surface area contributed by atoms with Crippen LogP contribution in [-0.2, 0) is 0 Å². The van der Waals surface area contributed by atoms with Crippen molar-refractivity contribution in [2.45, 2.75) is 45.3 Å². The fourth-order valence-corrected chi connectivity index (χ4v) is 2.03. The molecule has 0 unspecified atom stereocenters. The molecular formula is C9H18O2. The lowest BCUT2D eigenvalue weighted by Gasteiger charge is -2.15. The van der Waals surface area contributed by atoms with E-state index in [9.17, 15) is 10.2 Å². The third-order valence-corrected chi connectivity index (χ3v) is 2.75. The monoisotopic (exact) mass is 158 g/mol. The summed E-state index contributed by atoms with van der Waals surface area (Å²) in [7, 11) is 0. The van der Waals surface area contributed by atoms with Gasteiger partial charge >= 0.3 is 0 Å². The van der Waals surface area contributed by atoms with Gasteiger partial charge in [-0.25, -0.2) is 0 Å². The molecule has 1 saturated carbocycles. The molecule has 4 atom stereocenters. The molecule has 0 amide bonds. The van der Waals surface area contributed by atoms with Gasteiger partial charge in [0.05, 0.1) is 12.2 Å². The van der Waals surface area contributed by atoms with E-state index in [0.717, 1.165) is 19.3 Å². The highest BCUT2D eigenvalue weighted by Gasteiger charge is 2.37. The fraction of sp³-hybridized carbons (Fsp3) is 1.00. The average molecular weight is 158 g/mol. The van der Waals surface area contributed by atoms with Gasteiger partial charge in [0.1, 0.15) is 0 Å². The standard InChI is InChI=1S/C9H18O2/c1-3-4-7-5-6(2)8(10)9(7)11/h6-11H,3-5H2,1-2H3/t6-,7+,8+,9-/m1/s1. The lowest BCUT2D eigenvalue weighted by molar-refractivity contribution is 0.00534. The van der Waals surface area contributed by atoms with Gasteiger partial charge in [-0.05, 0) is 24.7 Å². The molecule has 0 saturated heterocycles. The number of aliphatic hydroxyl groups excluding tert-OH is 2. The van der Waals surface area contributed by atoms with Crippen molar-refractivity contribution in [3.05, 3.63) is 0 Å². The van der Waals surface area contributed by atoms with Crippen molar-refractivity contribution >= 4 is 0 Å². The van der Waals surface area contributed by atoms with Crippen molar-refractivity contribution in [3.63, 3.8) is 0 Å². The van der Waals surface area contributed by atoms with Crippen LogP contribution in [0, 0.1) is 11.8 Å². The molecule has 2 nitrogen and oxygen atoms in total. The first-order valence-electron chi connectivity index (χ1n) is 4.53. The summed E-state index contributed by atoms with van der Waals surface area (Å²) in [6.07, 6.45) is 2.18. The maximum absolute atomic E-state index is 9.51. The zero-order valence-corrected chi connectivity index (χ0v) is 7.33. The second-order valence-corrected chi connectivity index (χ2v) is 3.74. The number of hydrogen-bond donors (Lipinski definition) is 2. The highest BCUT2D eigenvalue weighted by molar-refractivity contribution is 4.88. The van der Waals surface area contributed by atoms with Crippen molar-refractivity contribution in [1.29, 1.82) is 0 Å². The van der Waals surface area contributed by atoms with Crippen molar-refractivity contribution < 1.29 is 10.2 Å². The van der Waals surface area contributed by atoms with Crippen LogP contribution in [0.25, 0.3) is 0 Å². The van der Waals surface area contributed by atoms with Gasteiger partial charge < -0.3 is 10.2 Å². The molecule has 1 aliphatic carbocycles. The van der Waals surface area contributed by atoms with Crippen LogP contribution in [-0.4, -0.2) is 22.4 Å². The van der Waals surface area contributed by atoms with E-state index in [-0.39, 0.29) is 5.92 Å². The molecule has 0 radical (unpaired) electrons. The Morgan fingerprint density at radius 2 is 1.91 bits per heavy atom. The number of aliphatic hydroxyl groups is 2. The van der Waals surface area contributed by atoms with Crippen molar-refractivity contribution in [2.24, 2.45) is 11.8 Å². The van der Waals surface area contributed by atoms with E-state index in [1.165, 1.54) is 0 Å². The Morgan fingerprint density at radius 3 is 2.27 bits per heavy atom. The lowest BCUT2D eigenvalue weighted by Crippen LogP contribution is -2.27. The molecule has 0 aliphatic heterocycles. The fourth-order valence-electron chi connectivity index (χ4n) is 2.03. The Labute approximate surface area is 68.2 Å². The van der Waals surface area contributed by atoms with E-state index in [1.54, 1.807) is 0 Å². The van der Waals surface area contributed by atoms with Crippen molar-refractivity contribution in [3.8, 4) is 0 Å². The first-order chi connectivity index (χ1) is 5.16. The van der Waals surface area contributed by atoms with Gasteiger partial charge in [-0.1, -0.05) is 20.3 Å². The Balaban J connectivity index is 2.45. The Bertz CT molecular complexity index is 125. The van der Waals surface area contributed by atoms with Crippen molar-refractivity contribution in [2.75, 3.05) is 0 Å². The molecule has 2 N–H and O–H groups in total. The molecule has 66 valence electrons. The molecule has 1 fully saturated rings. The maximum atomic E-state index is 9.51. The van der Waals surface area contributed by atoms with Gasteiger partial charge in [-0.15, -0.1) is 0 Å². The van der Waals surface area contributed by atoms with E-state index in [0.29, 0.717) is 5.92 Å². The molecule has 0 heterocycles. The highest BCUT2D eigenvalue weighted by atomic mass is 16.3. The normalized spacial score (nSPS) is 44.7. The second kappa shape index (κ2) is 3.55. The zero-order valence-electron chi connectivity index (χ0n) is 7.33. The minimum absolute atomic E-state index is 0.279. The summed E-state index contributed by atoms with van der Waals surface area (Å²) in [5.74, 6) is 0.617. The number of rotatable bonds is 2. The largest absolute Gasteiger partial charge is 0.390 e. The predicted octanol–water partition coefficient (Wildman–Crippen LogP) is 1.16. The molecule has 0 aromatic rings. The molecule has 0 bridgehead atoms. The SMILES string of the molecule is CCC[C@H]1C[C@@H](C)[C@H](O)[C@@H]1O. The topological polar surface area (TPSA) is 40.5 Å². The predicted molar refractivity (Wildman–Crippen MR) is 44.2 cm³/mol. The van der Waals surface area contributed by atoms with Crippen molar-refractivity contribution in [1.82, 2.24) is 0 Å². The summed E-state index contributed by atoms with van der Waals surface area (Å²) >= 11 is 0. The third-order valence-electron chi connectivity index (χ3n) is 2.75. The lowest BCUT2D eigenvalue weighted by atomic mass is 9.99. The molecule has 0 spiro atoms. The van der Waals surface area contributed by atoms with Crippen LogP contribution in [0.2, 0.25) is 0 Å². The molecule has 1 aliphatic rings. The van der Waals surface area contributed by atoms with Gasteiger partial charge in [0, 0.05) is 0 Å². The van der Waals surface area contributed by atoms with Crippen LogP contribution in [0.5, 0.6) is 0 Å². The third kappa shape index (κ3) is 1.74. The van der Waals surface area contributed by atoms with Gasteiger partial charge in [0.15, 0.2) is 0 Å². The molecule has 0 aromatic heterocycles. The van der Waals surface area contributed by atoms with E-state index in [4.69, 9.17) is 0 Å². The van der Waals surface area contributed by atoms with Crippen LogP contribution in [0.1, 0.15) is 33.1 Å². The highest BCUT2D eigenvalue weighted by Crippen LogP contribution is 2.33. The first-order valence-corrected chi connectivity index (χ1v) is 4.53.